The summed E-state index contributed by atoms with van der Waals surface area (Å²) < 4.78 is 119. The summed E-state index contributed by atoms with van der Waals surface area (Å²) in [7, 11) is 0. The van der Waals surface area contributed by atoms with E-state index in [1.165, 1.54) is 0 Å². The summed E-state index contributed by atoms with van der Waals surface area (Å²) >= 11 is 0. The summed E-state index contributed by atoms with van der Waals surface area (Å²) in [5.41, 5.74) is 2.13. The second-order valence-electron chi connectivity index (χ2n) is 29.3. The molecule has 4 spiro atoms. The Bertz CT molecular complexity index is 2860. The van der Waals surface area contributed by atoms with Gasteiger partial charge in [-0.15, -0.1) is 0 Å². The van der Waals surface area contributed by atoms with E-state index in [0.29, 0.717) is 113 Å². The van der Waals surface area contributed by atoms with E-state index in [2.05, 4.69) is 154 Å². The molecule has 486 valence electrons. The van der Waals surface area contributed by atoms with Gasteiger partial charge in [-0.2, -0.15) is 0 Å². The minimum Gasteiger partial charge on any atom is -0.363 e. The first kappa shape index (κ1) is 68.0. The van der Waals surface area contributed by atoms with Crippen molar-refractivity contribution in [2.75, 3.05) is 159 Å². The van der Waals surface area contributed by atoms with Gasteiger partial charge in [-0.1, -0.05) is 119 Å². The van der Waals surface area contributed by atoms with Crippen molar-refractivity contribution < 1.29 is 85.3 Å². The maximum absolute atomic E-state index is 6.84. The lowest BCUT2D eigenvalue weighted by atomic mass is 9.88. The second kappa shape index (κ2) is 27.6. The topological polar surface area (TPSA) is 166 Å². The van der Waals surface area contributed by atoms with E-state index in [4.69, 9.17) is 85.3 Å². The van der Waals surface area contributed by atoms with E-state index >= 15 is 0 Å². The lowest BCUT2D eigenvalue weighted by Crippen LogP contribution is -2.51. The molecule has 0 atom stereocenters. The molecule has 18 heteroatoms. The number of hydrogen-bond donors (Lipinski definition) is 0. The molecule has 90 heavy (non-hydrogen) atoms. The van der Waals surface area contributed by atoms with Crippen LogP contribution in [0.25, 0.3) is 0 Å². The van der Waals surface area contributed by atoms with Gasteiger partial charge < -0.3 is 85.3 Å². The zero-order valence-electron chi connectivity index (χ0n) is 54.8. The number of hydrogen-bond acceptors (Lipinski definition) is 18. The number of fused-ring (bicyclic) bond motifs is 8. The van der Waals surface area contributed by atoms with E-state index in [0.717, 1.165) is 0 Å². The average molecular weight is 1240 g/mol. The third-order valence-corrected chi connectivity index (χ3v) is 16.4. The van der Waals surface area contributed by atoms with Crippen molar-refractivity contribution in [3.63, 3.8) is 0 Å². The molecule has 10 rings (SSSR count). The van der Waals surface area contributed by atoms with Crippen LogP contribution in [0.4, 0.5) is 0 Å². The Balaban J connectivity index is 0.909. The minimum atomic E-state index is -1.43. The van der Waals surface area contributed by atoms with Crippen molar-refractivity contribution in [1.82, 2.24) is 0 Å². The van der Waals surface area contributed by atoms with Gasteiger partial charge >= 0.3 is 0 Å². The lowest BCUT2D eigenvalue weighted by Gasteiger charge is -2.47. The molecule has 0 saturated carbocycles. The quantitative estimate of drug-likeness (QED) is 0.185. The molecule has 0 N–H and O–H groups in total. The molecule has 0 aromatic heterocycles. The zero-order chi connectivity index (χ0) is 63.9. The van der Waals surface area contributed by atoms with Crippen molar-refractivity contribution >= 4 is 0 Å². The zero-order valence-corrected chi connectivity index (χ0v) is 54.8. The highest BCUT2D eigenvalue weighted by atomic mass is 16.8. The minimum absolute atomic E-state index is 0.00481. The fraction of sp³-hybridized carbons (Fsp3) is 0.667. The molecule has 0 aliphatic carbocycles. The van der Waals surface area contributed by atoms with Gasteiger partial charge in [-0.05, 0) is 71.9 Å². The van der Waals surface area contributed by atoms with Crippen LogP contribution in [0.1, 0.15) is 116 Å². The fourth-order valence-corrected chi connectivity index (χ4v) is 10.7. The van der Waals surface area contributed by atoms with Crippen LogP contribution in [0.5, 0.6) is 0 Å². The molecular formula is C72H90O18. The van der Waals surface area contributed by atoms with Gasteiger partial charge in [0.1, 0.15) is 79.3 Å². The van der Waals surface area contributed by atoms with Gasteiger partial charge in [0.2, 0.25) is 34.7 Å². The van der Waals surface area contributed by atoms with Gasteiger partial charge in [0.05, 0.1) is 79.3 Å². The van der Waals surface area contributed by atoms with E-state index in [9.17, 15) is 0 Å². The van der Waals surface area contributed by atoms with Gasteiger partial charge in [0.25, 0.3) is 0 Å². The third kappa shape index (κ3) is 16.5. The molecule has 4 bridgehead atoms. The summed E-state index contributed by atoms with van der Waals surface area (Å²) in [6, 6.07) is 11.8. The Labute approximate surface area is 532 Å². The first-order valence-corrected chi connectivity index (χ1v) is 31.1. The van der Waals surface area contributed by atoms with Crippen molar-refractivity contribution in [3.8, 4) is 71.0 Å². The fourth-order valence-electron chi connectivity index (χ4n) is 10.7. The monoisotopic (exact) mass is 1240 g/mol. The average Bonchev–Trinajstić information content (AvgIpc) is 0.763. The molecule has 2 aromatic carbocycles. The molecule has 6 fully saturated rings. The number of rotatable bonds is 8. The van der Waals surface area contributed by atoms with E-state index in [1.807, 2.05) is 36.4 Å². The van der Waals surface area contributed by atoms with E-state index in [1.54, 1.807) is 0 Å². The third-order valence-electron chi connectivity index (χ3n) is 16.4. The smallest absolute Gasteiger partial charge is 0.219 e. The Morgan fingerprint density at radius 2 is 0.511 bits per heavy atom. The summed E-state index contributed by atoms with van der Waals surface area (Å²) in [5, 5.41) is 0. The molecule has 2 aromatic rings. The largest absolute Gasteiger partial charge is 0.363 e. The Kier molecular flexibility index (Phi) is 20.8. The van der Waals surface area contributed by atoms with Gasteiger partial charge in [-0.3, -0.25) is 0 Å². The highest BCUT2D eigenvalue weighted by Gasteiger charge is 2.53. The van der Waals surface area contributed by atoms with Crippen LogP contribution >= 0.6 is 0 Å². The SMILES string of the molecule is CC1(C)COC(COCC#CC#CCOCC2(c3cc4cc(c3)C3(COCC#CC#CCOCC45OCC(C)(C)CO5)OCC(C)(C)CO3)OCC(C)(C)CO2)(c2cc3cc(c2)C2(COCC#CC#CCOCC34OCC(C)(C)CO4)OCC(C)(C)CO2)OC1. The number of ether oxygens (including phenoxy) is 18. The molecule has 0 radical (unpaired) electrons. The Morgan fingerprint density at radius 1 is 0.300 bits per heavy atom. The van der Waals surface area contributed by atoms with Gasteiger partial charge in [-0.25, -0.2) is 0 Å². The summed E-state index contributed by atoms with van der Waals surface area (Å²) in [6.07, 6.45) is 0. The first-order chi connectivity index (χ1) is 42.7. The molecule has 0 unspecified atom stereocenters. The van der Waals surface area contributed by atoms with Crippen LogP contribution in [-0.4, -0.2) is 159 Å². The van der Waals surface area contributed by atoms with Crippen molar-refractivity contribution in [1.29, 1.82) is 0 Å². The van der Waals surface area contributed by atoms with E-state index in [-0.39, 0.29) is 112 Å². The molecular weight excluding hydrogens is 1150 g/mol. The predicted octanol–water partition coefficient (Wildman–Crippen LogP) is 7.89. The molecule has 8 heterocycles. The molecule has 0 amide bonds. The molecule has 8 aliphatic rings. The van der Waals surface area contributed by atoms with Crippen molar-refractivity contribution in [2.45, 2.75) is 118 Å². The number of benzene rings is 2. The molecule has 8 aliphatic heterocycles. The summed E-state index contributed by atoms with van der Waals surface area (Å²) in [6.45, 7) is 30.1. The Morgan fingerprint density at radius 3 is 0.744 bits per heavy atom. The van der Waals surface area contributed by atoms with E-state index < -0.39 is 34.7 Å². The van der Waals surface area contributed by atoms with Crippen LogP contribution in [0.15, 0.2) is 36.4 Å². The first-order valence-electron chi connectivity index (χ1n) is 31.1. The van der Waals surface area contributed by atoms with Crippen LogP contribution in [0.3, 0.4) is 0 Å². The maximum atomic E-state index is 6.84. The van der Waals surface area contributed by atoms with Gasteiger partial charge in [0.15, 0.2) is 0 Å². The highest BCUT2D eigenvalue weighted by molar-refractivity contribution is 5.41. The lowest BCUT2D eigenvalue weighted by molar-refractivity contribution is -0.330. The molecule has 18 nitrogen and oxygen atoms in total. The normalized spacial score (nSPS) is 26.2. The van der Waals surface area contributed by atoms with Gasteiger partial charge in [0, 0.05) is 65.9 Å². The van der Waals surface area contributed by atoms with Crippen LogP contribution in [0.2, 0.25) is 0 Å². The summed E-state index contributed by atoms with van der Waals surface area (Å²) in [5.74, 6) is 27.0. The molecule has 6 saturated heterocycles. The highest BCUT2D eigenvalue weighted by Crippen LogP contribution is 2.48. The second-order valence-corrected chi connectivity index (χ2v) is 29.3. The standard InChI is InChI=1S/C72H90O18/c1-61(2)37-79-67(80-38-61)49-73-25-19-13-14-20-26-74-50-68(81-39-62(3,4)40-82-68)56-31-55(67)33-59(34-56)71(87-45-65(9,10)46-88-71)53-77-29-23-17-18-24-30-78-54-72(89-47-66(11,12)48-90-72)60-35-57-32-58(36-60)70(85-43-64(7,8)44-86-70)52-76-28-22-16-15-21-27-75-51-69(57)83-41-63(5,6)42-84-69/h31-36H,25-30,37-54H2,1-12H3. The van der Waals surface area contributed by atoms with Crippen LogP contribution < -0.4 is 0 Å². The summed E-state index contributed by atoms with van der Waals surface area (Å²) in [4.78, 5) is 0. The predicted molar refractivity (Wildman–Crippen MR) is 329 cm³/mol. The maximum Gasteiger partial charge on any atom is 0.219 e. The van der Waals surface area contributed by atoms with Crippen LogP contribution in [0, 0.1) is 104 Å². The Hall–Kier alpha value is -4.92. The van der Waals surface area contributed by atoms with Crippen molar-refractivity contribution in [2.24, 2.45) is 32.5 Å². The van der Waals surface area contributed by atoms with Crippen LogP contribution in [-0.2, 0) is 120 Å². The van der Waals surface area contributed by atoms with Crippen molar-refractivity contribution in [3.05, 3.63) is 69.8 Å².